The van der Waals surface area contributed by atoms with Gasteiger partial charge in [0.2, 0.25) is 15.9 Å². The van der Waals surface area contributed by atoms with Crippen LogP contribution in [0, 0.1) is 5.92 Å². The van der Waals surface area contributed by atoms with E-state index in [9.17, 15) is 13.2 Å². The number of sulfonamides is 1. The Hall–Kier alpha value is -2.19. The fourth-order valence-corrected chi connectivity index (χ4v) is 3.24. The van der Waals surface area contributed by atoms with Crippen molar-refractivity contribution in [2.24, 2.45) is 11.1 Å². The van der Waals surface area contributed by atoms with Crippen molar-refractivity contribution in [1.29, 1.82) is 0 Å². The molecule has 23 heavy (non-hydrogen) atoms. The Morgan fingerprint density at radius 2 is 2.09 bits per heavy atom. The van der Waals surface area contributed by atoms with Crippen molar-refractivity contribution in [2.45, 2.75) is 30.8 Å². The number of nitrogens with zero attached hydrogens (tertiary/aromatic N) is 2. The average molecular weight is 334 g/mol. The van der Waals surface area contributed by atoms with Gasteiger partial charge < -0.3 is 9.88 Å². The highest BCUT2D eigenvalue weighted by Gasteiger charge is 2.24. The molecule has 7 nitrogen and oxygen atoms in total. The standard InChI is InChI=1S/C15H18N4O3S/c16-23(21,22)14-3-1-11(2-4-14)8-18-15(20)12-5-6-19-10-17-9-13(19)7-12/h1-4,9-10,12H,5-8H2,(H,18,20)(H2,16,21,22). The number of benzene rings is 1. The normalized spacial score (nSPS) is 17.5. The lowest BCUT2D eigenvalue weighted by molar-refractivity contribution is -0.125. The van der Waals surface area contributed by atoms with Crippen LogP contribution < -0.4 is 10.5 Å². The van der Waals surface area contributed by atoms with Crippen LogP contribution in [0.4, 0.5) is 0 Å². The van der Waals surface area contributed by atoms with Gasteiger partial charge in [-0.25, -0.2) is 18.5 Å². The molecule has 2 heterocycles. The Kier molecular flexibility index (Phi) is 4.18. The van der Waals surface area contributed by atoms with Gasteiger partial charge in [-0.1, -0.05) is 12.1 Å². The zero-order valence-corrected chi connectivity index (χ0v) is 13.3. The number of aryl methyl sites for hydroxylation is 1. The number of primary sulfonamides is 1. The molecule has 1 amide bonds. The molecular weight excluding hydrogens is 316 g/mol. The van der Waals surface area contributed by atoms with Crippen LogP contribution in [0.1, 0.15) is 17.7 Å². The molecule has 2 aromatic rings. The lowest BCUT2D eigenvalue weighted by Crippen LogP contribution is -2.34. The van der Waals surface area contributed by atoms with E-state index >= 15 is 0 Å². The van der Waals surface area contributed by atoms with Crippen molar-refractivity contribution < 1.29 is 13.2 Å². The van der Waals surface area contributed by atoms with Crippen LogP contribution in [-0.2, 0) is 34.3 Å². The number of hydrogen-bond acceptors (Lipinski definition) is 4. The maximum Gasteiger partial charge on any atom is 0.238 e. The molecule has 1 atom stereocenters. The molecule has 0 radical (unpaired) electrons. The van der Waals surface area contributed by atoms with Gasteiger partial charge in [-0.3, -0.25) is 4.79 Å². The van der Waals surface area contributed by atoms with Gasteiger partial charge in [-0.2, -0.15) is 0 Å². The molecular formula is C15H18N4O3S. The number of aromatic nitrogens is 2. The summed E-state index contributed by atoms with van der Waals surface area (Å²) >= 11 is 0. The average Bonchev–Trinajstić information content (AvgIpc) is 2.99. The van der Waals surface area contributed by atoms with E-state index in [1.54, 1.807) is 24.7 Å². The van der Waals surface area contributed by atoms with Crippen molar-refractivity contribution >= 4 is 15.9 Å². The molecule has 8 heteroatoms. The van der Waals surface area contributed by atoms with Gasteiger partial charge in [0.15, 0.2) is 0 Å². The van der Waals surface area contributed by atoms with Gasteiger partial charge in [-0.05, 0) is 24.1 Å². The molecule has 0 aliphatic carbocycles. The molecule has 0 bridgehead atoms. The first-order valence-electron chi connectivity index (χ1n) is 7.32. The summed E-state index contributed by atoms with van der Waals surface area (Å²) < 4.78 is 24.5. The molecule has 1 aliphatic rings. The maximum atomic E-state index is 12.3. The maximum absolute atomic E-state index is 12.3. The van der Waals surface area contributed by atoms with Crippen molar-refractivity contribution in [1.82, 2.24) is 14.9 Å². The summed E-state index contributed by atoms with van der Waals surface area (Å²) in [6.45, 7) is 1.16. The van der Waals surface area contributed by atoms with Gasteiger partial charge in [0.05, 0.1) is 11.2 Å². The third kappa shape index (κ3) is 3.59. The van der Waals surface area contributed by atoms with Crippen LogP contribution in [0.5, 0.6) is 0 Å². The lowest BCUT2D eigenvalue weighted by atomic mass is 9.95. The number of nitrogens with one attached hydrogen (secondary N) is 1. The summed E-state index contributed by atoms with van der Waals surface area (Å²) in [5.74, 6) is -0.0455. The van der Waals surface area contributed by atoms with Crippen LogP contribution in [0.25, 0.3) is 0 Å². The summed E-state index contributed by atoms with van der Waals surface area (Å²) in [6.07, 6.45) is 5.07. The number of fused-ring (bicyclic) bond motifs is 1. The first-order valence-corrected chi connectivity index (χ1v) is 8.86. The Morgan fingerprint density at radius 3 is 2.78 bits per heavy atom. The second kappa shape index (κ2) is 6.13. The summed E-state index contributed by atoms with van der Waals surface area (Å²) in [5, 5.41) is 7.95. The van der Waals surface area contributed by atoms with Crippen molar-refractivity contribution in [3.63, 3.8) is 0 Å². The molecule has 0 spiro atoms. The van der Waals surface area contributed by atoms with Crippen LogP contribution in [0.15, 0.2) is 41.7 Å². The molecule has 0 saturated carbocycles. The van der Waals surface area contributed by atoms with Gasteiger partial charge >= 0.3 is 0 Å². The zero-order valence-electron chi connectivity index (χ0n) is 12.5. The fourth-order valence-electron chi connectivity index (χ4n) is 2.72. The predicted molar refractivity (Wildman–Crippen MR) is 83.7 cm³/mol. The van der Waals surface area contributed by atoms with Crippen LogP contribution in [0.2, 0.25) is 0 Å². The predicted octanol–water partition coefficient (Wildman–Crippen LogP) is 0.409. The molecule has 1 unspecified atom stereocenters. The lowest BCUT2D eigenvalue weighted by Gasteiger charge is -2.23. The van der Waals surface area contributed by atoms with E-state index in [0.717, 1.165) is 24.2 Å². The van der Waals surface area contributed by atoms with Crippen molar-refractivity contribution in [3.8, 4) is 0 Å². The topological polar surface area (TPSA) is 107 Å². The van der Waals surface area contributed by atoms with E-state index in [-0.39, 0.29) is 16.7 Å². The number of imidazole rings is 1. The molecule has 0 fully saturated rings. The summed E-state index contributed by atoms with van der Waals surface area (Å²) in [5.41, 5.74) is 1.90. The number of carbonyl (C=O) groups is 1. The fraction of sp³-hybridized carbons (Fsp3) is 0.333. The second-order valence-corrected chi connectivity index (χ2v) is 7.24. The van der Waals surface area contributed by atoms with E-state index in [1.807, 2.05) is 0 Å². The highest BCUT2D eigenvalue weighted by molar-refractivity contribution is 7.89. The van der Waals surface area contributed by atoms with Gasteiger partial charge in [0.1, 0.15) is 0 Å². The number of carbonyl (C=O) groups excluding carboxylic acids is 1. The van der Waals surface area contributed by atoms with Gasteiger partial charge in [-0.15, -0.1) is 0 Å². The van der Waals surface area contributed by atoms with E-state index in [4.69, 9.17) is 5.14 Å². The molecule has 122 valence electrons. The minimum atomic E-state index is -3.69. The molecule has 3 N–H and O–H groups in total. The van der Waals surface area contributed by atoms with E-state index in [0.29, 0.717) is 13.0 Å². The Labute approximate surface area is 134 Å². The SMILES string of the molecule is NS(=O)(=O)c1ccc(CNC(=O)C2CCn3cncc3C2)cc1. The minimum absolute atomic E-state index is 0.00738. The Bertz CT molecular complexity index is 812. The van der Waals surface area contributed by atoms with E-state index < -0.39 is 10.0 Å². The molecule has 1 aromatic carbocycles. The summed E-state index contributed by atoms with van der Waals surface area (Å²) in [7, 11) is -3.69. The number of rotatable bonds is 4. The highest BCUT2D eigenvalue weighted by atomic mass is 32.2. The van der Waals surface area contributed by atoms with Crippen molar-refractivity contribution in [2.75, 3.05) is 0 Å². The third-order valence-corrected chi connectivity index (χ3v) is 4.99. The molecule has 0 saturated heterocycles. The van der Waals surface area contributed by atoms with Crippen LogP contribution in [0.3, 0.4) is 0 Å². The van der Waals surface area contributed by atoms with Gasteiger partial charge in [0, 0.05) is 37.3 Å². The Morgan fingerprint density at radius 1 is 1.35 bits per heavy atom. The summed E-state index contributed by atoms with van der Waals surface area (Å²) in [4.78, 5) is 16.4. The van der Waals surface area contributed by atoms with E-state index in [1.165, 1.54) is 12.1 Å². The van der Waals surface area contributed by atoms with E-state index in [2.05, 4.69) is 14.9 Å². The molecule has 3 rings (SSSR count). The first-order chi connectivity index (χ1) is 10.9. The smallest absolute Gasteiger partial charge is 0.238 e. The minimum Gasteiger partial charge on any atom is -0.352 e. The van der Waals surface area contributed by atoms with Crippen molar-refractivity contribution in [3.05, 3.63) is 48.0 Å². The monoisotopic (exact) mass is 334 g/mol. The van der Waals surface area contributed by atoms with Crippen LogP contribution in [-0.4, -0.2) is 23.9 Å². The second-order valence-electron chi connectivity index (χ2n) is 5.67. The number of amides is 1. The first kappa shape index (κ1) is 15.7. The molecule has 1 aliphatic heterocycles. The molecule has 1 aromatic heterocycles. The number of nitrogens with two attached hydrogens (primary N) is 1. The number of hydrogen-bond donors (Lipinski definition) is 2. The zero-order chi connectivity index (χ0) is 16.4. The van der Waals surface area contributed by atoms with Gasteiger partial charge in [0.25, 0.3) is 0 Å². The quantitative estimate of drug-likeness (QED) is 0.844. The Balaban J connectivity index is 1.57. The highest BCUT2D eigenvalue weighted by Crippen LogP contribution is 2.20. The third-order valence-electron chi connectivity index (χ3n) is 4.06. The summed E-state index contributed by atoms with van der Waals surface area (Å²) in [6, 6.07) is 6.18. The largest absolute Gasteiger partial charge is 0.352 e. The van der Waals surface area contributed by atoms with Crippen LogP contribution >= 0.6 is 0 Å².